The first kappa shape index (κ1) is 25.5. The molecule has 0 heterocycles. The quantitative estimate of drug-likeness (QED) is 0.256. The monoisotopic (exact) mass is 486 g/mol. The Morgan fingerprint density at radius 3 is 1.71 bits per heavy atom. The van der Waals surface area contributed by atoms with Gasteiger partial charge in [-0.3, -0.25) is 9.59 Å². The Labute approximate surface area is 141 Å². The first-order chi connectivity index (χ1) is 9.44. The molecule has 0 aromatic rings. The maximum Gasteiger partial charge on any atom is 0.317 e. The van der Waals surface area contributed by atoms with Gasteiger partial charge in [0.25, 0.3) is 0 Å². The summed E-state index contributed by atoms with van der Waals surface area (Å²) < 4.78 is 0. The maximum atomic E-state index is 10.6. The van der Waals surface area contributed by atoms with Crippen LogP contribution in [0, 0.1) is 5.92 Å². The van der Waals surface area contributed by atoms with Crippen molar-refractivity contribution in [2.45, 2.75) is 33.1 Å². The second-order valence-corrected chi connectivity index (χ2v) is 4.33. The van der Waals surface area contributed by atoms with Crippen LogP contribution in [0.5, 0.6) is 0 Å². The summed E-state index contributed by atoms with van der Waals surface area (Å²) >= 11 is 0. The number of carbonyl (C=O) groups is 2. The normalized spacial score (nSPS) is 9.81. The van der Waals surface area contributed by atoms with Gasteiger partial charge in [-0.2, -0.15) is 0 Å². The molecule has 7 nitrogen and oxygen atoms in total. The van der Waals surface area contributed by atoms with Crippen molar-refractivity contribution in [2.75, 3.05) is 32.7 Å². The van der Waals surface area contributed by atoms with Crippen molar-refractivity contribution in [3.8, 4) is 0 Å². The Balaban J connectivity index is -0.000000572. The number of carboxylic acid groups (broad SMARTS) is 2. The first-order valence-corrected chi connectivity index (χ1v) is 7.02. The Morgan fingerprint density at radius 2 is 1.43 bits per heavy atom. The predicted octanol–water partition coefficient (Wildman–Crippen LogP) is 0.185. The van der Waals surface area contributed by atoms with Crippen LogP contribution < -0.4 is 11.5 Å². The molecule has 8 heteroatoms. The van der Waals surface area contributed by atoms with E-state index >= 15 is 0 Å². The minimum absolute atomic E-state index is 0. The number of aliphatic carboxylic acids is 2. The molecule has 0 aliphatic carbocycles. The molecule has 0 bridgehead atoms. The minimum Gasteiger partial charge on any atom is -0.481 e. The Bertz CT molecular complexity index is 248. The molecule has 0 aliphatic rings. The van der Waals surface area contributed by atoms with Gasteiger partial charge in [0.1, 0.15) is 0 Å². The summed E-state index contributed by atoms with van der Waals surface area (Å²) in [6.45, 7) is 8.18. The fourth-order valence-electron chi connectivity index (χ4n) is 1.58. The molecule has 0 spiro atoms. The van der Waals surface area contributed by atoms with Crippen molar-refractivity contribution >= 4 is 11.9 Å². The molecule has 0 aliphatic heterocycles. The van der Waals surface area contributed by atoms with Gasteiger partial charge in [-0.1, -0.05) is 20.3 Å². The van der Waals surface area contributed by atoms with E-state index in [1.165, 1.54) is 0 Å². The first-order valence-electron chi connectivity index (χ1n) is 7.02. The van der Waals surface area contributed by atoms with Crippen molar-refractivity contribution in [3.63, 3.8) is 0 Å². The molecule has 0 unspecified atom stereocenters. The van der Waals surface area contributed by atoms with Crippen molar-refractivity contribution in [3.05, 3.63) is 0 Å². The summed E-state index contributed by atoms with van der Waals surface area (Å²) in [5.41, 5.74) is 9.81. The molecular formula is C13H29N3O4Pt. The largest absolute Gasteiger partial charge is 0.481 e. The number of nitrogens with two attached hydrogens (primary N) is 2. The fraction of sp³-hybridized carbons (Fsp3) is 0.846. The summed E-state index contributed by atoms with van der Waals surface area (Å²) in [6.07, 6.45) is 1.70. The van der Waals surface area contributed by atoms with E-state index in [2.05, 4.69) is 18.7 Å². The average molecular weight is 486 g/mol. The van der Waals surface area contributed by atoms with Crippen molar-refractivity contribution < 1.29 is 40.9 Å². The SMILES string of the molecule is CCN(CC)CCCCC(C(=O)O)C(=O)O.NCCN.[Pt]. The number of unbranched alkanes of at least 4 members (excludes halogenated alkanes) is 1. The van der Waals surface area contributed by atoms with Gasteiger partial charge in [-0.25, -0.2) is 0 Å². The molecule has 130 valence electrons. The van der Waals surface area contributed by atoms with E-state index in [9.17, 15) is 9.59 Å². The number of carboxylic acids is 2. The molecule has 0 amide bonds. The van der Waals surface area contributed by atoms with E-state index in [1.54, 1.807) is 0 Å². The molecule has 0 radical (unpaired) electrons. The smallest absolute Gasteiger partial charge is 0.317 e. The Morgan fingerprint density at radius 1 is 1.00 bits per heavy atom. The second-order valence-electron chi connectivity index (χ2n) is 4.33. The van der Waals surface area contributed by atoms with Crippen LogP contribution in [0.1, 0.15) is 33.1 Å². The topological polar surface area (TPSA) is 130 Å². The summed E-state index contributed by atoms with van der Waals surface area (Å²) in [6, 6.07) is 0. The average Bonchev–Trinajstić information content (AvgIpc) is 2.42. The maximum absolute atomic E-state index is 10.6. The third-order valence-corrected chi connectivity index (χ3v) is 2.87. The summed E-state index contributed by atoms with van der Waals surface area (Å²) in [5, 5.41) is 17.3. The Hall–Kier alpha value is -0.492. The second kappa shape index (κ2) is 17.6. The van der Waals surface area contributed by atoms with E-state index in [0.29, 0.717) is 19.5 Å². The van der Waals surface area contributed by atoms with Gasteiger partial charge in [0.2, 0.25) is 0 Å². The molecule has 0 rings (SSSR count). The van der Waals surface area contributed by atoms with E-state index < -0.39 is 17.9 Å². The third kappa shape index (κ3) is 15.7. The van der Waals surface area contributed by atoms with Crippen LogP contribution >= 0.6 is 0 Å². The van der Waals surface area contributed by atoms with Gasteiger partial charge in [0, 0.05) is 34.2 Å². The van der Waals surface area contributed by atoms with Crippen LogP contribution in [0.2, 0.25) is 0 Å². The Kier molecular flexibility index (Phi) is 21.3. The molecule has 0 saturated heterocycles. The number of hydrogen-bond acceptors (Lipinski definition) is 5. The summed E-state index contributed by atoms with van der Waals surface area (Å²) in [5.74, 6) is -3.73. The van der Waals surface area contributed by atoms with Crippen LogP contribution in [-0.2, 0) is 30.7 Å². The third-order valence-electron chi connectivity index (χ3n) is 2.87. The molecule has 0 saturated carbocycles. The minimum atomic E-state index is -1.25. The molecular weight excluding hydrogens is 457 g/mol. The van der Waals surface area contributed by atoms with Crippen molar-refractivity contribution in [1.29, 1.82) is 0 Å². The fourth-order valence-corrected chi connectivity index (χ4v) is 1.58. The van der Waals surface area contributed by atoms with Gasteiger partial charge in [-0.15, -0.1) is 0 Å². The molecule has 0 aromatic carbocycles. The van der Waals surface area contributed by atoms with Gasteiger partial charge in [0.05, 0.1) is 0 Å². The van der Waals surface area contributed by atoms with E-state index in [-0.39, 0.29) is 27.5 Å². The molecule has 0 fully saturated rings. The molecule has 6 N–H and O–H groups in total. The summed E-state index contributed by atoms with van der Waals surface area (Å²) in [7, 11) is 0. The van der Waals surface area contributed by atoms with Gasteiger partial charge < -0.3 is 26.6 Å². The predicted molar refractivity (Wildman–Crippen MR) is 78.5 cm³/mol. The van der Waals surface area contributed by atoms with E-state index in [1.807, 2.05) is 0 Å². The van der Waals surface area contributed by atoms with E-state index in [4.69, 9.17) is 21.7 Å². The standard InChI is InChI=1S/C11H21NO4.C2H8N2.Pt/c1-3-12(4-2)8-6-5-7-9(10(13)14)11(15)16;3-1-2-4;/h9H,3-8H2,1-2H3,(H,13,14)(H,15,16);1-4H2;. The van der Waals surface area contributed by atoms with Gasteiger partial charge in [0.15, 0.2) is 5.92 Å². The zero-order valence-electron chi connectivity index (χ0n) is 12.9. The number of nitrogens with zero attached hydrogens (tertiary/aromatic N) is 1. The zero-order chi connectivity index (χ0) is 16.0. The van der Waals surface area contributed by atoms with Gasteiger partial charge in [-0.05, 0) is 32.5 Å². The van der Waals surface area contributed by atoms with Crippen LogP contribution in [0.4, 0.5) is 0 Å². The molecule has 0 atom stereocenters. The zero-order valence-corrected chi connectivity index (χ0v) is 15.1. The molecule has 21 heavy (non-hydrogen) atoms. The van der Waals surface area contributed by atoms with Crippen LogP contribution in [0.15, 0.2) is 0 Å². The van der Waals surface area contributed by atoms with Crippen LogP contribution in [-0.4, -0.2) is 59.8 Å². The number of rotatable bonds is 10. The van der Waals surface area contributed by atoms with Gasteiger partial charge >= 0.3 is 11.9 Å². The van der Waals surface area contributed by atoms with Crippen LogP contribution in [0.25, 0.3) is 0 Å². The van der Waals surface area contributed by atoms with E-state index in [0.717, 1.165) is 26.1 Å². The van der Waals surface area contributed by atoms with Crippen molar-refractivity contribution in [1.82, 2.24) is 4.90 Å². The van der Waals surface area contributed by atoms with Crippen molar-refractivity contribution in [2.24, 2.45) is 17.4 Å². The summed E-state index contributed by atoms with van der Waals surface area (Å²) in [4.78, 5) is 23.4. The molecule has 0 aromatic heterocycles. The van der Waals surface area contributed by atoms with Crippen LogP contribution in [0.3, 0.4) is 0 Å². The number of hydrogen-bond donors (Lipinski definition) is 4.